The predicted octanol–water partition coefficient (Wildman–Crippen LogP) is 4.42. The van der Waals surface area contributed by atoms with Crippen LogP contribution < -0.4 is 4.74 Å². The summed E-state index contributed by atoms with van der Waals surface area (Å²) in [5.74, 6) is -0.347. The Bertz CT molecular complexity index is 939. The van der Waals surface area contributed by atoms with Crippen LogP contribution in [0.5, 0.6) is 5.75 Å². The Kier molecular flexibility index (Phi) is 5.20. The number of halogens is 4. The number of rotatable bonds is 6. The molecule has 0 saturated carbocycles. The van der Waals surface area contributed by atoms with Crippen LogP contribution in [0.3, 0.4) is 0 Å². The van der Waals surface area contributed by atoms with Gasteiger partial charge < -0.3 is 4.74 Å². The third kappa shape index (κ3) is 4.13. The average molecular weight is 378 g/mol. The van der Waals surface area contributed by atoms with E-state index in [1.54, 1.807) is 43.6 Å². The van der Waals surface area contributed by atoms with Crippen LogP contribution in [-0.2, 0) is 0 Å². The number of hydrogen-bond donors (Lipinski definition) is 1. The molecule has 0 aliphatic carbocycles. The van der Waals surface area contributed by atoms with Crippen LogP contribution in [0.1, 0.15) is 5.69 Å². The molecule has 0 aliphatic heterocycles. The SMILES string of the molecule is C/N=C/c1[nH]nnc1-c1ccc(-c2cccc(OC(F)(F)C(F)F)c2)cc1. The van der Waals surface area contributed by atoms with Crippen LogP contribution in [0.15, 0.2) is 53.5 Å². The maximum atomic E-state index is 13.1. The molecule has 5 nitrogen and oxygen atoms in total. The summed E-state index contributed by atoms with van der Waals surface area (Å²) in [5, 5.41) is 10.5. The Balaban J connectivity index is 1.85. The molecule has 0 aliphatic rings. The third-order valence-corrected chi connectivity index (χ3v) is 3.67. The molecule has 3 rings (SSSR count). The van der Waals surface area contributed by atoms with Crippen molar-refractivity contribution in [1.82, 2.24) is 15.4 Å². The number of benzene rings is 2. The summed E-state index contributed by atoms with van der Waals surface area (Å²) in [5.41, 5.74) is 3.27. The molecule has 1 N–H and O–H groups in total. The summed E-state index contributed by atoms with van der Waals surface area (Å²) < 4.78 is 54.9. The molecule has 0 bridgehead atoms. The van der Waals surface area contributed by atoms with Gasteiger partial charge in [0.1, 0.15) is 17.1 Å². The van der Waals surface area contributed by atoms with Gasteiger partial charge in [0.25, 0.3) is 0 Å². The number of hydrogen-bond acceptors (Lipinski definition) is 4. The molecule has 3 aromatic rings. The van der Waals surface area contributed by atoms with Crippen molar-refractivity contribution >= 4 is 6.21 Å². The zero-order valence-corrected chi connectivity index (χ0v) is 14.0. The second-order valence-corrected chi connectivity index (χ2v) is 5.53. The summed E-state index contributed by atoms with van der Waals surface area (Å²) in [7, 11) is 1.63. The van der Waals surface area contributed by atoms with Gasteiger partial charge in [0, 0.05) is 18.8 Å². The first kappa shape index (κ1) is 18.6. The first-order chi connectivity index (χ1) is 12.9. The smallest absolute Gasteiger partial charge is 0.428 e. The van der Waals surface area contributed by atoms with Crippen molar-refractivity contribution in [3.05, 3.63) is 54.2 Å². The van der Waals surface area contributed by atoms with E-state index >= 15 is 0 Å². The Morgan fingerprint density at radius 2 is 1.78 bits per heavy atom. The van der Waals surface area contributed by atoms with Gasteiger partial charge in [0.05, 0.1) is 0 Å². The molecular formula is C18H14F4N4O. The van der Waals surface area contributed by atoms with E-state index in [9.17, 15) is 17.6 Å². The summed E-state index contributed by atoms with van der Waals surface area (Å²) in [6.45, 7) is 0. The molecular weight excluding hydrogens is 364 g/mol. The van der Waals surface area contributed by atoms with E-state index in [1.807, 2.05) is 0 Å². The van der Waals surface area contributed by atoms with Crippen LogP contribution >= 0.6 is 0 Å². The van der Waals surface area contributed by atoms with E-state index in [1.165, 1.54) is 18.2 Å². The van der Waals surface area contributed by atoms with E-state index in [-0.39, 0.29) is 5.75 Å². The van der Waals surface area contributed by atoms with Crippen molar-refractivity contribution in [3.63, 3.8) is 0 Å². The topological polar surface area (TPSA) is 63.2 Å². The monoisotopic (exact) mass is 378 g/mol. The van der Waals surface area contributed by atoms with E-state index < -0.39 is 12.5 Å². The van der Waals surface area contributed by atoms with Gasteiger partial charge in [0.2, 0.25) is 0 Å². The summed E-state index contributed by atoms with van der Waals surface area (Å²) in [6.07, 6.45) is -6.87. The van der Waals surface area contributed by atoms with Gasteiger partial charge in [-0.2, -0.15) is 17.6 Å². The van der Waals surface area contributed by atoms with Crippen molar-refractivity contribution in [1.29, 1.82) is 0 Å². The van der Waals surface area contributed by atoms with Crippen LogP contribution in [0.2, 0.25) is 0 Å². The summed E-state index contributed by atoms with van der Waals surface area (Å²) in [6, 6.07) is 12.6. The Morgan fingerprint density at radius 1 is 1.07 bits per heavy atom. The lowest BCUT2D eigenvalue weighted by Crippen LogP contribution is -2.33. The molecule has 0 saturated heterocycles. The highest BCUT2D eigenvalue weighted by Crippen LogP contribution is 2.31. The highest BCUT2D eigenvalue weighted by Gasteiger charge is 2.43. The lowest BCUT2D eigenvalue weighted by molar-refractivity contribution is -0.253. The highest BCUT2D eigenvalue weighted by molar-refractivity contribution is 5.86. The van der Waals surface area contributed by atoms with Crippen LogP contribution in [0.25, 0.3) is 22.4 Å². The van der Waals surface area contributed by atoms with Gasteiger partial charge in [0.15, 0.2) is 0 Å². The Morgan fingerprint density at radius 3 is 2.44 bits per heavy atom. The van der Waals surface area contributed by atoms with E-state index in [0.717, 1.165) is 5.56 Å². The van der Waals surface area contributed by atoms with Crippen LogP contribution in [-0.4, -0.2) is 41.2 Å². The largest absolute Gasteiger partial charge is 0.461 e. The second-order valence-electron chi connectivity index (χ2n) is 5.53. The van der Waals surface area contributed by atoms with Crippen molar-refractivity contribution in [2.45, 2.75) is 12.5 Å². The van der Waals surface area contributed by atoms with Gasteiger partial charge in [-0.25, -0.2) is 0 Å². The molecule has 2 aromatic carbocycles. The first-order valence-corrected chi connectivity index (χ1v) is 7.80. The van der Waals surface area contributed by atoms with Gasteiger partial charge in [-0.3, -0.25) is 10.1 Å². The number of aliphatic imine (C=N–C) groups is 1. The number of aromatic nitrogens is 3. The lowest BCUT2D eigenvalue weighted by atomic mass is 10.0. The molecule has 1 aromatic heterocycles. The Hall–Kier alpha value is -3.23. The zero-order chi connectivity index (χ0) is 19.4. The van der Waals surface area contributed by atoms with Crippen molar-refractivity contribution in [3.8, 4) is 28.1 Å². The van der Waals surface area contributed by atoms with Crippen molar-refractivity contribution in [2.24, 2.45) is 4.99 Å². The zero-order valence-electron chi connectivity index (χ0n) is 14.0. The van der Waals surface area contributed by atoms with E-state index in [4.69, 9.17) is 0 Å². The number of H-pyrrole nitrogens is 1. The minimum atomic E-state index is -4.55. The number of aromatic amines is 1. The number of nitrogens with one attached hydrogen (secondary N) is 1. The fraction of sp³-hybridized carbons (Fsp3) is 0.167. The molecule has 0 atom stereocenters. The maximum Gasteiger partial charge on any atom is 0.461 e. The number of alkyl halides is 4. The molecule has 140 valence electrons. The van der Waals surface area contributed by atoms with Gasteiger partial charge in [-0.1, -0.05) is 41.6 Å². The quantitative estimate of drug-likeness (QED) is 0.510. The average Bonchev–Trinajstić information content (AvgIpc) is 3.10. The third-order valence-electron chi connectivity index (χ3n) is 3.67. The summed E-state index contributed by atoms with van der Waals surface area (Å²) >= 11 is 0. The molecule has 0 amide bonds. The minimum absolute atomic E-state index is 0.347. The van der Waals surface area contributed by atoms with Gasteiger partial charge in [-0.15, -0.1) is 5.10 Å². The van der Waals surface area contributed by atoms with Crippen molar-refractivity contribution < 1.29 is 22.3 Å². The van der Waals surface area contributed by atoms with Crippen molar-refractivity contribution in [2.75, 3.05) is 7.05 Å². The van der Waals surface area contributed by atoms with E-state index in [2.05, 4.69) is 25.1 Å². The molecule has 1 heterocycles. The first-order valence-electron chi connectivity index (χ1n) is 7.80. The van der Waals surface area contributed by atoms with Crippen LogP contribution in [0, 0.1) is 0 Å². The normalized spacial score (nSPS) is 12.1. The molecule has 0 spiro atoms. The number of ether oxygens (including phenoxy) is 1. The minimum Gasteiger partial charge on any atom is -0.428 e. The standard InChI is InChI=1S/C18H14F4N4O/c1-23-10-15-16(25-26-24-15)12-7-5-11(6-8-12)13-3-2-4-14(9-13)27-18(21,22)17(19)20/h2-10,17H,1H3,(H,24,25,26)/b23-10+. The molecule has 9 heteroatoms. The second kappa shape index (κ2) is 7.56. The van der Waals surface area contributed by atoms with E-state index in [0.29, 0.717) is 22.5 Å². The maximum absolute atomic E-state index is 13.1. The molecule has 0 radical (unpaired) electrons. The Labute approximate surface area is 151 Å². The predicted molar refractivity (Wildman–Crippen MR) is 92.4 cm³/mol. The van der Waals surface area contributed by atoms with Crippen LogP contribution in [0.4, 0.5) is 17.6 Å². The fourth-order valence-electron chi connectivity index (χ4n) is 2.43. The molecule has 27 heavy (non-hydrogen) atoms. The highest BCUT2D eigenvalue weighted by atomic mass is 19.3. The van der Waals surface area contributed by atoms with Gasteiger partial charge >= 0.3 is 12.5 Å². The summed E-state index contributed by atoms with van der Waals surface area (Å²) in [4.78, 5) is 3.92. The fourth-order valence-corrected chi connectivity index (χ4v) is 2.43. The molecule has 0 fully saturated rings. The molecule has 0 unspecified atom stereocenters. The van der Waals surface area contributed by atoms with Gasteiger partial charge in [-0.05, 0) is 23.3 Å². The lowest BCUT2D eigenvalue weighted by Gasteiger charge is -2.17. The number of nitrogens with zero attached hydrogens (tertiary/aromatic N) is 3.